The standard InChI is InChI=1S/C12H20O4/c1-4-9(12(14)16-5-2)10(13)11(15-3)8-6-7-8/h8-9,11H,4-7H2,1-3H3. The minimum Gasteiger partial charge on any atom is -0.465 e. The zero-order valence-corrected chi connectivity index (χ0v) is 10.2. The van der Waals surface area contributed by atoms with E-state index in [4.69, 9.17) is 9.47 Å². The van der Waals surface area contributed by atoms with Crippen LogP contribution in [0.4, 0.5) is 0 Å². The van der Waals surface area contributed by atoms with Gasteiger partial charge in [-0.15, -0.1) is 0 Å². The summed E-state index contributed by atoms with van der Waals surface area (Å²) in [6.07, 6.45) is 2.09. The van der Waals surface area contributed by atoms with Gasteiger partial charge in [0, 0.05) is 7.11 Å². The maximum Gasteiger partial charge on any atom is 0.316 e. The third-order valence-electron chi connectivity index (χ3n) is 2.91. The molecule has 4 nitrogen and oxygen atoms in total. The van der Waals surface area contributed by atoms with E-state index in [1.807, 2.05) is 6.92 Å². The average Bonchev–Trinajstić information content (AvgIpc) is 3.04. The number of esters is 1. The zero-order chi connectivity index (χ0) is 12.1. The largest absolute Gasteiger partial charge is 0.465 e. The first-order chi connectivity index (χ1) is 7.65. The van der Waals surface area contributed by atoms with Gasteiger partial charge in [0.15, 0.2) is 5.78 Å². The summed E-state index contributed by atoms with van der Waals surface area (Å²) in [6.45, 7) is 3.87. The molecule has 0 amide bonds. The topological polar surface area (TPSA) is 52.6 Å². The molecule has 4 heteroatoms. The Labute approximate surface area is 96.3 Å². The van der Waals surface area contributed by atoms with Gasteiger partial charge in [0.1, 0.15) is 12.0 Å². The van der Waals surface area contributed by atoms with Crippen molar-refractivity contribution in [2.75, 3.05) is 13.7 Å². The van der Waals surface area contributed by atoms with Crippen molar-refractivity contribution in [2.24, 2.45) is 11.8 Å². The molecule has 92 valence electrons. The fourth-order valence-electron chi connectivity index (χ4n) is 1.87. The molecular formula is C12H20O4. The van der Waals surface area contributed by atoms with E-state index in [1.165, 1.54) is 7.11 Å². The van der Waals surface area contributed by atoms with Gasteiger partial charge in [0.05, 0.1) is 6.61 Å². The van der Waals surface area contributed by atoms with Crippen molar-refractivity contribution in [1.29, 1.82) is 0 Å². The highest BCUT2D eigenvalue weighted by molar-refractivity contribution is 6.01. The Morgan fingerprint density at radius 1 is 1.31 bits per heavy atom. The molecule has 16 heavy (non-hydrogen) atoms. The van der Waals surface area contributed by atoms with Crippen molar-refractivity contribution in [3.8, 4) is 0 Å². The van der Waals surface area contributed by atoms with E-state index in [9.17, 15) is 9.59 Å². The van der Waals surface area contributed by atoms with Crippen LogP contribution in [0.15, 0.2) is 0 Å². The van der Waals surface area contributed by atoms with Gasteiger partial charge < -0.3 is 9.47 Å². The van der Waals surface area contributed by atoms with Crippen molar-refractivity contribution < 1.29 is 19.1 Å². The summed E-state index contributed by atoms with van der Waals surface area (Å²) in [6, 6.07) is 0. The molecule has 1 fully saturated rings. The van der Waals surface area contributed by atoms with Gasteiger partial charge in [-0.25, -0.2) is 0 Å². The molecule has 0 bridgehead atoms. The van der Waals surface area contributed by atoms with Crippen LogP contribution in [0.5, 0.6) is 0 Å². The second-order valence-corrected chi connectivity index (χ2v) is 4.11. The summed E-state index contributed by atoms with van der Waals surface area (Å²) in [7, 11) is 1.53. The number of rotatable bonds is 7. The van der Waals surface area contributed by atoms with Crippen molar-refractivity contribution in [3.05, 3.63) is 0 Å². The molecule has 1 saturated carbocycles. The Hall–Kier alpha value is -0.900. The lowest BCUT2D eigenvalue weighted by molar-refractivity contribution is -0.155. The van der Waals surface area contributed by atoms with Crippen molar-refractivity contribution in [3.63, 3.8) is 0 Å². The van der Waals surface area contributed by atoms with Crippen LogP contribution in [0.1, 0.15) is 33.1 Å². The number of methoxy groups -OCH3 is 1. The van der Waals surface area contributed by atoms with E-state index >= 15 is 0 Å². The Morgan fingerprint density at radius 2 is 1.94 bits per heavy atom. The number of ketones is 1. The number of Topliss-reactive ketones (excluding diaryl/α,β-unsaturated/α-hetero) is 1. The monoisotopic (exact) mass is 228 g/mol. The summed E-state index contributed by atoms with van der Waals surface area (Å²) in [5.41, 5.74) is 0. The molecule has 0 heterocycles. The number of hydrogen-bond acceptors (Lipinski definition) is 4. The quantitative estimate of drug-likeness (QED) is 0.490. The molecular weight excluding hydrogens is 208 g/mol. The molecule has 0 saturated heterocycles. The molecule has 1 aliphatic rings. The Bertz CT molecular complexity index is 258. The van der Waals surface area contributed by atoms with Crippen LogP contribution in [0.2, 0.25) is 0 Å². The lowest BCUT2D eigenvalue weighted by Crippen LogP contribution is -2.36. The van der Waals surface area contributed by atoms with Gasteiger partial charge in [-0.2, -0.15) is 0 Å². The Balaban J connectivity index is 2.63. The lowest BCUT2D eigenvalue weighted by atomic mass is 9.95. The molecule has 2 atom stereocenters. The first-order valence-electron chi connectivity index (χ1n) is 5.88. The molecule has 0 aromatic rings. The van der Waals surface area contributed by atoms with Gasteiger partial charge >= 0.3 is 5.97 Å². The first-order valence-corrected chi connectivity index (χ1v) is 5.88. The molecule has 1 aliphatic carbocycles. The molecule has 0 aromatic heterocycles. The van der Waals surface area contributed by atoms with Crippen LogP contribution in [-0.4, -0.2) is 31.6 Å². The van der Waals surface area contributed by atoms with Crippen molar-refractivity contribution >= 4 is 11.8 Å². The fraction of sp³-hybridized carbons (Fsp3) is 0.833. The normalized spacial score (nSPS) is 18.9. The molecule has 0 N–H and O–H groups in total. The van der Waals surface area contributed by atoms with Crippen LogP contribution >= 0.6 is 0 Å². The summed E-state index contributed by atoms with van der Waals surface area (Å²) >= 11 is 0. The van der Waals surface area contributed by atoms with Gasteiger partial charge in [0.2, 0.25) is 0 Å². The van der Waals surface area contributed by atoms with Crippen LogP contribution in [-0.2, 0) is 19.1 Å². The second kappa shape index (κ2) is 5.99. The SMILES string of the molecule is CCOC(=O)C(CC)C(=O)C(OC)C1CC1. The van der Waals surface area contributed by atoms with Crippen molar-refractivity contribution in [1.82, 2.24) is 0 Å². The first kappa shape index (κ1) is 13.2. The average molecular weight is 228 g/mol. The van der Waals surface area contributed by atoms with Gasteiger partial charge in [-0.05, 0) is 32.1 Å². The minimum atomic E-state index is -0.662. The Morgan fingerprint density at radius 3 is 2.31 bits per heavy atom. The van der Waals surface area contributed by atoms with E-state index < -0.39 is 18.0 Å². The minimum absolute atomic E-state index is 0.119. The summed E-state index contributed by atoms with van der Waals surface area (Å²) in [4.78, 5) is 23.7. The van der Waals surface area contributed by atoms with Crippen LogP contribution in [0.25, 0.3) is 0 Å². The molecule has 1 rings (SSSR count). The van der Waals surface area contributed by atoms with E-state index in [0.717, 1.165) is 12.8 Å². The highest BCUT2D eigenvalue weighted by atomic mass is 16.5. The smallest absolute Gasteiger partial charge is 0.316 e. The van der Waals surface area contributed by atoms with Gasteiger partial charge in [-0.1, -0.05) is 6.92 Å². The highest BCUT2D eigenvalue weighted by Gasteiger charge is 2.41. The maximum absolute atomic E-state index is 12.1. The molecule has 2 unspecified atom stereocenters. The Kier molecular flexibility index (Phi) is 4.93. The fourth-order valence-corrected chi connectivity index (χ4v) is 1.87. The third-order valence-corrected chi connectivity index (χ3v) is 2.91. The van der Waals surface area contributed by atoms with E-state index in [2.05, 4.69) is 0 Å². The number of ether oxygens (including phenoxy) is 2. The highest BCUT2D eigenvalue weighted by Crippen LogP contribution is 2.35. The summed E-state index contributed by atoms with van der Waals surface area (Å²) < 4.78 is 10.1. The van der Waals surface area contributed by atoms with E-state index in [1.54, 1.807) is 6.92 Å². The van der Waals surface area contributed by atoms with E-state index in [-0.39, 0.29) is 5.78 Å². The zero-order valence-electron chi connectivity index (χ0n) is 10.2. The van der Waals surface area contributed by atoms with E-state index in [0.29, 0.717) is 18.9 Å². The predicted molar refractivity (Wildman–Crippen MR) is 58.9 cm³/mol. The molecule has 0 aromatic carbocycles. The maximum atomic E-state index is 12.1. The molecule has 0 spiro atoms. The summed E-state index contributed by atoms with van der Waals surface area (Å²) in [5, 5.41) is 0. The lowest BCUT2D eigenvalue weighted by Gasteiger charge is -2.18. The second-order valence-electron chi connectivity index (χ2n) is 4.11. The number of hydrogen-bond donors (Lipinski definition) is 0. The predicted octanol–water partition coefficient (Wildman–Crippen LogP) is 1.57. The third kappa shape index (κ3) is 3.04. The van der Waals surface area contributed by atoms with Crippen LogP contribution in [0.3, 0.4) is 0 Å². The van der Waals surface area contributed by atoms with Crippen molar-refractivity contribution in [2.45, 2.75) is 39.2 Å². The molecule has 0 aliphatic heterocycles. The van der Waals surface area contributed by atoms with Gasteiger partial charge in [-0.3, -0.25) is 9.59 Å². The number of carbonyl (C=O) groups is 2. The summed E-state index contributed by atoms with van der Waals surface area (Å²) in [5.74, 6) is -0.893. The van der Waals surface area contributed by atoms with Crippen LogP contribution in [0, 0.1) is 11.8 Å². The van der Waals surface area contributed by atoms with Crippen LogP contribution < -0.4 is 0 Å². The number of carbonyl (C=O) groups excluding carboxylic acids is 2. The van der Waals surface area contributed by atoms with Gasteiger partial charge in [0.25, 0.3) is 0 Å². The molecule has 0 radical (unpaired) electrons.